The molecule has 0 saturated heterocycles. The summed E-state index contributed by atoms with van der Waals surface area (Å²) in [4.78, 5) is 27.7. The lowest BCUT2D eigenvalue weighted by atomic mass is 9.71. The van der Waals surface area contributed by atoms with Gasteiger partial charge in [-0.2, -0.15) is 5.10 Å². The number of rotatable bonds is 1. The van der Waals surface area contributed by atoms with Crippen LogP contribution < -0.4 is 10.2 Å². The maximum atomic E-state index is 13.4. The molecular weight excluding hydrogens is 399 g/mol. The smallest absolute Gasteiger partial charge is 0.242 e. The Bertz CT molecular complexity index is 1170. The zero-order chi connectivity index (χ0) is 19.6. The Balaban J connectivity index is 1.81. The number of aromatic nitrogens is 2. The first-order chi connectivity index (χ1) is 13.4. The van der Waals surface area contributed by atoms with E-state index in [1.165, 1.54) is 0 Å². The highest BCUT2D eigenvalue weighted by Gasteiger charge is 2.57. The lowest BCUT2D eigenvalue weighted by molar-refractivity contribution is -0.126. The van der Waals surface area contributed by atoms with Crippen LogP contribution in [-0.4, -0.2) is 28.6 Å². The third-order valence-electron chi connectivity index (χ3n) is 5.41. The number of carbonyl (C=O) groups is 2. The van der Waals surface area contributed by atoms with Crippen LogP contribution in [0.3, 0.4) is 0 Å². The highest BCUT2D eigenvalue weighted by molar-refractivity contribution is 6.34. The van der Waals surface area contributed by atoms with Gasteiger partial charge >= 0.3 is 0 Å². The van der Waals surface area contributed by atoms with Crippen LogP contribution in [0.5, 0.6) is 0 Å². The number of halogens is 2. The molecule has 1 N–H and O–H groups in total. The van der Waals surface area contributed by atoms with Gasteiger partial charge in [0.25, 0.3) is 0 Å². The van der Waals surface area contributed by atoms with Gasteiger partial charge in [0.05, 0.1) is 11.9 Å². The summed E-state index contributed by atoms with van der Waals surface area (Å²) >= 11 is 12.6. The standard InChI is InChI=1S/C20H14Cl2N4O2/c1-25-15-7-3-6-14(22)17(15)20(19(25)28)9-16(27)24-18-13(20)10-23-26(18)12-5-2-4-11(21)8-12/h2-8,10H,9H2,1H3,(H,24,27)/t20-/m1/s1. The summed E-state index contributed by atoms with van der Waals surface area (Å²) in [5.74, 6) is -0.0174. The van der Waals surface area contributed by atoms with Gasteiger partial charge in [-0.15, -0.1) is 0 Å². The quantitative estimate of drug-likeness (QED) is 0.660. The molecule has 0 fully saturated rings. The zero-order valence-corrected chi connectivity index (χ0v) is 16.3. The molecule has 0 aliphatic carbocycles. The first-order valence-electron chi connectivity index (χ1n) is 8.65. The van der Waals surface area contributed by atoms with Gasteiger partial charge in [0.1, 0.15) is 11.2 Å². The van der Waals surface area contributed by atoms with Gasteiger partial charge in [-0.3, -0.25) is 9.59 Å². The van der Waals surface area contributed by atoms with Crippen molar-refractivity contribution in [2.75, 3.05) is 17.3 Å². The number of fused-ring (bicyclic) bond motifs is 4. The number of carbonyl (C=O) groups excluding carboxylic acids is 2. The van der Waals surface area contributed by atoms with E-state index in [1.54, 1.807) is 53.2 Å². The number of nitrogens with one attached hydrogen (secondary N) is 1. The Kier molecular flexibility index (Phi) is 3.60. The third kappa shape index (κ3) is 2.13. The monoisotopic (exact) mass is 412 g/mol. The Morgan fingerprint density at radius 3 is 2.71 bits per heavy atom. The summed E-state index contributed by atoms with van der Waals surface area (Å²) in [7, 11) is 1.69. The maximum Gasteiger partial charge on any atom is 0.242 e. The van der Waals surface area contributed by atoms with Crippen molar-refractivity contribution in [3.8, 4) is 5.69 Å². The number of benzene rings is 2. The van der Waals surface area contributed by atoms with E-state index >= 15 is 0 Å². The van der Waals surface area contributed by atoms with Crippen molar-refractivity contribution in [2.45, 2.75) is 11.8 Å². The first-order valence-corrected chi connectivity index (χ1v) is 9.40. The molecule has 8 heteroatoms. The van der Waals surface area contributed by atoms with Crippen LogP contribution in [0.2, 0.25) is 10.0 Å². The molecule has 0 bridgehead atoms. The van der Waals surface area contributed by atoms with E-state index in [-0.39, 0.29) is 18.2 Å². The van der Waals surface area contributed by atoms with Crippen LogP contribution in [0.1, 0.15) is 17.5 Å². The van der Waals surface area contributed by atoms with Crippen LogP contribution >= 0.6 is 23.2 Å². The van der Waals surface area contributed by atoms with Crippen molar-refractivity contribution in [3.05, 3.63) is 69.8 Å². The van der Waals surface area contributed by atoms with Crippen molar-refractivity contribution >= 4 is 46.5 Å². The van der Waals surface area contributed by atoms with Crippen molar-refractivity contribution in [3.63, 3.8) is 0 Å². The van der Waals surface area contributed by atoms with Gasteiger partial charge in [-0.25, -0.2) is 4.68 Å². The molecule has 0 radical (unpaired) electrons. The predicted octanol–water partition coefficient (Wildman–Crippen LogP) is 3.78. The van der Waals surface area contributed by atoms with E-state index in [0.29, 0.717) is 38.4 Å². The molecule has 0 unspecified atom stereocenters. The maximum absolute atomic E-state index is 13.4. The molecule has 1 aromatic heterocycles. The fourth-order valence-corrected chi connectivity index (χ4v) is 4.74. The molecule has 2 aromatic carbocycles. The van der Waals surface area contributed by atoms with E-state index < -0.39 is 5.41 Å². The van der Waals surface area contributed by atoms with Gasteiger partial charge in [-0.05, 0) is 30.3 Å². The third-order valence-corrected chi connectivity index (χ3v) is 5.96. The van der Waals surface area contributed by atoms with Crippen LogP contribution in [0.4, 0.5) is 11.5 Å². The SMILES string of the molecule is CN1C(=O)[C@@]2(CC(=O)Nc3c2cnn3-c2cccc(Cl)c2)c2c(Cl)cccc21. The molecule has 1 atom stereocenters. The summed E-state index contributed by atoms with van der Waals surface area (Å²) in [6.45, 7) is 0. The summed E-state index contributed by atoms with van der Waals surface area (Å²) in [6.07, 6.45) is 1.60. The van der Waals surface area contributed by atoms with Gasteiger partial charge in [-0.1, -0.05) is 35.3 Å². The largest absolute Gasteiger partial charge is 0.314 e. The summed E-state index contributed by atoms with van der Waals surface area (Å²) in [6, 6.07) is 12.5. The molecule has 2 amide bonds. The van der Waals surface area contributed by atoms with Crippen LogP contribution in [-0.2, 0) is 15.0 Å². The second-order valence-electron chi connectivity index (χ2n) is 6.93. The van der Waals surface area contributed by atoms with E-state index in [1.807, 2.05) is 12.1 Å². The highest BCUT2D eigenvalue weighted by atomic mass is 35.5. The van der Waals surface area contributed by atoms with E-state index in [2.05, 4.69) is 10.4 Å². The topological polar surface area (TPSA) is 67.2 Å². The highest BCUT2D eigenvalue weighted by Crippen LogP contribution is 2.54. The fourth-order valence-electron chi connectivity index (χ4n) is 4.23. The van der Waals surface area contributed by atoms with E-state index in [9.17, 15) is 9.59 Å². The van der Waals surface area contributed by atoms with Crippen molar-refractivity contribution in [1.82, 2.24) is 9.78 Å². The number of anilines is 2. The average molecular weight is 413 g/mol. The summed E-state index contributed by atoms with van der Waals surface area (Å²) in [5, 5.41) is 8.32. The Hall–Kier alpha value is -2.83. The molecule has 0 saturated carbocycles. The second kappa shape index (κ2) is 5.83. The van der Waals surface area contributed by atoms with Crippen LogP contribution in [0.25, 0.3) is 5.69 Å². The molecule has 6 nitrogen and oxygen atoms in total. The second-order valence-corrected chi connectivity index (χ2v) is 7.77. The number of likely N-dealkylation sites (N-methyl/N-ethyl adjacent to an activating group) is 1. The minimum absolute atomic E-state index is 0.0266. The zero-order valence-electron chi connectivity index (χ0n) is 14.7. The molecular formula is C20H14Cl2N4O2. The van der Waals surface area contributed by atoms with Gasteiger partial charge < -0.3 is 10.2 Å². The minimum atomic E-state index is -1.20. The molecule has 5 rings (SSSR count). The molecule has 2 aliphatic heterocycles. The first kappa shape index (κ1) is 17.3. The molecule has 140 valence electrons. The Morgan fingerprint density at radius 1 is 1.14 bits per heavy atom. The molecule has 3 aromatic rings. The van der Waals surface area contributed by atoms with Crippen LogP contribution in [0, 0.1) is 0 Å². The van der Waals surface area contributed by atoms with Crippen molar-refractivity contribution in [2.24, 2.45) is 0 Å². The molecule has 3 heterocycles. The Labute approximate surface area is 170 Å². The molecule has 1 spiro atoms. The number of nitrogens with zero attached hydrogens (tertiary/aromatic N) is 3. The number of amides is 2. The van der Waals surface area contributed by atoms with E-state index in [4.69, 9.17) is 23.2 Å². The fraction of sp³-hybridized carbons (Fsp3) is 0.150. The average Bonchev–Trinajstić information content (AvgIpc) is 3.17. The predicted molar refractivity (Wildman–Crippen MR) is 107 cm³/mol. The summed E-state index contributed by atoms with van der Waals surface area (Å²) in [5.41, 5.74) is 1.45. The van der Waals surface area contributed by atoms with Gasteiger partial charge in [0, 0.05) is 40.3 Å². The number of hydrogen-bond acceptors (Lipinski definition) is 3. The van der Waals surface area contributed by atoms with Gasteiger partial charge in [0.2, 0.25) is 11.8 Å². The lowest BCUT2D eigenvalue weighted by Gasteiger charge is -2.32. The summed E-state index contributed by atoms with van der Waals surface area (Å²) < 4.78 is 1.59. The minimum Gasteiger partial charge on any atom is -0.314 e. The Morgan fingerprint density at radius 2 is 1.93 bits per heavy atom. The van der Waals surface area contributed by atoms with E-state index in [0.717, 1.165) is 0 Å². The lowest BCUT2D eigenvalue weighted by Crippen LogP contribution is -2.45. The normalized spacial score (nSPS) is 20.3. The van der Waals surface area contributed by atoms with Gasteiger partial charge in [0.15, 0.2) is 0 Å². The van der Waals surface area contributed by atoms with Crippen molar-refractivity contribution < 1.29 is 9.59 Å². The molecule has 2 aliphatic rings. The molecule has 28 heavy (non-hydrogen) atoms. The van der Waals surface area contributed by atoms with Crippen LogP contribution in [0.15, 0.2) is 48.7 Å². The van der Waals surface area contributed by atoms with Crippen molar-refractivity contribution in [1.29, 1.82) is 0 Å². The number of hydrogen-bond donors (Lipinski definition) is 1.